The van der Waals surface area contributed by atoms with Crippen molar-refractivity contribution < 1.29 is 27.5 Å². The van der Waals surface area contributed by atoms with Crippen molar-refractivity contribution in [2.24, 2.45) is 0 Å². The average molecular weight is 371 g/mol. The first kappa shape index (κ1) is 21.6. The highest BCUT2D eigenvalue weighted by atomic mass is 28.4. The second-order valence-corrected chi connectivity index (χ2v) is 8.95. The smallest absolute Gasteiger partial charge is 0.428 e. The predicted molar refractivity (Wildman–Crippen MR) is 97.6 cm³/mol. The van der Waals surface area contributed by atoms with Gasteiger partial charge in [0.15, 0.2) is 0 Å². The summed E-state index contributed by atoms with van der Waals surface area (Å²) in [5, 5.41) is 0. The molecule has 0 atom stereocenters. The van der Waals surface area contributed by atoms with Crippen LogP contribution in [0.3, 0.4) is 0 Å². The van der Waals surface area contributed by atoms with Gasteiger partial charge in [0.2, 0.25) is 0 Å². The van der Waals surface area contributed by atoms with Gasteiger partial charge in [-0.15, -0.1) is 0 Å². The predicted octanol–water partition coefficient (Wildman–Crippen LogP) is 4.13. The molecular formula is C18H30O6Si. The third-order valence-corrected chi connectivity index (χ3v) is 6.05. The van der Waals surface area contributed by atoms with Crippen molar-refractivity contribution in [3.63, 3.8) is 0 Å². The summed E-state index contributed by atoms with van der Waals surface area (Å²) in [6.45, 7) is 12.8. The number of ether oxygens (including phenoxy) is 2. The van der Waals surface area contributed by atoms with Crippen molar-refractivity contribution in [2.45, 2.75) is 53.2 Å². The fourth-order valence-corrected chi connectivity index (χ4v) is 4.84. The normalized spacial score (nSPS) is 12.1. The first-order valence-electron chi connectivity index (χ1n) is 8.65. The van der Waals surface area contributed by atoms with Crippen molar-refractivity contribution in [3.05, 3.63) is 29.8 Å². The zero-order valence-electron chi connectivity index (χ0n) is 16.1. The molecular weight excluding hydrogens is 340 g/mol. The maximum atomic E-state index is 11.7. The molecule has 1 aromatic rings. The second-order valence-electron chi connectivity index (χ2n) is 6.37. The van der Waals surface area contributed by atoms with Crippen LogP contribution in [0.5, 0.6) is 5.75 Å². The van der Waals surface area contributed by atoms with Gasteiger partial charge in [-0.05, 0) is 59.2 Å². The number of carbonyl (C=O) groups excluding carboxylic acids is 1. The van der Waals surface area contributed by atoms with E-state index in [4.69, 9.17) is 22.8 Å². The standard InChI is InChI=1S/C18H30O6Si/c1-7-20-25(21-8-2,22-9-3)14-15-10-12-16(13-11-15)23-17(19)24-18(4,5)6/h10-13H,7-9,14H2,1-6H3. The molecule has 0 fully saturated rings. The van der Waals surface area contributed by atoms with Gasteiger partial charge in [-0.1, -0.05) is 12.1 Å². The Kier molecular flexibility index (Phi) is 8.58. The Balaban J connectivity index is 2.78. The van der Waals surface area contributed by atoms with Crippen molar-refractivity contribution >= 4 is 15.0 Å². The van der Waals surface area contributed by atoms with E-state index >= 15 is 0 Å². The summed E-state index contributed by atoms with van der Waals surface area (Å²) >= 11 is 0. The van der Waals surface area contributed by atoms with Crippen LogP contribution >= 0.6 is 0 Å². The number of rotatable bonds is 9. The Hall–Kier alpha value is -1.41. The van der Waals surface area contributed by atoms with E-state index in [1.807, 2.05) is 32.9 Å². The highest BCUT2D eigenvalue weighted by molar-refractivity contribution is 6.60. The first-order chi connectivity index (χ1) is 11.7. The number of hydrogen-bond acceptors (Lipinski definition) is 6. The Morgan fingerprint density at radius 1 is 0.920 bits per heavy atom. The van der Waals surface area contributed by atoms with Crippen molar-refractivity contribution in [3.8, 4) is 5.75 Å². The fraction of sp³-hybridized carbons (Fsp3) is 0.611. The lowest BCUT2D eigenvalue weighted by molar-refractivity contribution is 0.0206. The van der Waals surface area contributed by atoms with Gasteiger partial charge in [0.1, 0.15) is 11.4 Å². The van der Waals surface area contributed by atoms with Gasteiger partial charge in [-0.25, -0.2) is 4.79 Å². The van der Waals surface area contributed by atoms with Crippen LogP contribution in [0.25, 0.3) is 0 Å². The topological polar surface area (TPSA) is 63.2 Å². The summed E-state index contributed by atoms with van der Waals surface area (Å²) in [6.07, 6.45) is -0.720. The highest BCUT2D eigenvalue weighted by Crippen LogP contribution is 2.20. The third-order valence-electron chi connectivity index (χ3n) is 3.03. The lowest BCUT2D eigenvalue weighted by Crippen LogP contribution is -2.48. The van der Waals surface area contributed by atoms with Gasteiger partial charge in [0.25, 0.3) is 0 Å². The minimum atomic E-state index is -2.75. The van der Waals surface area contributed by atoms with Crippen LogP contribution in [0.1, 0.15) is 47.1 Å². The zero-order valence-corrected chi connectivity index (χ0v) is 17.1. The van der Waals surface area contributed by atoms with Gasteiger partial charge >= 0.3 is 15.0 Å². The molecule has 6 nitrogen and oxygen atoms in total. The molecule has 0 saturated heterocycles. The molecule has 0 radical (unpaired) electrons. The maximum Gasteiger partial charge on any atom is 0.514 e. The Morgan fingerprint density at radius 2 is 1.40 bits per heavy atom. The van der Waals surface area contributed by atoms with Crippen LogP contribution in [0.15, 0.2) is 24.3 Å². The van der Waals surface area contributed by atoms with Crippen LogP contribution in [0.2, 0.25) is 0 Å². The van der Waals surface area contributed by atoms with Crippen LogP contribution in [-0.2, 0) is 24.1 Å². The van der Waals surface area contributed by atoms with Crippen molar-refractivity contribution in [2.75, 3.05) is 19.8 Å². The molecule has 0 amide bonds. The Bertz CT molecular complexity index is 506. The molecule has 0 spiro atoms. The van der Waals surface area contributed by atoms with Gasteiger partial charge in [-0.2, -0.15) is 0 Å². The van der Waals surface area contributed by atoms with Crippen LogP contribution in [-0.4, -0.2) is 40.4 Å². The third kappa shape index (κ3) is 8.00. The molecule has 0 aliphatic rings. The lowest BCUT2D eigenvalue weighted by atomic mass is 10.2. The van der Waals surface area contributed by atoms with Gasteiger partial charge in [0.05, 0.1) is 0 Å². The highest BCUT2D eigenvalue weighted by Gasteiger charge is 2.40. The summed E-state index contributed by atoms with van der Waals surface area (Å²) in [5.74, 6) is 0.425. The number of hydrogen-bond donors (Lipinski definition) is 0. The fourth-order valence-electron chi connectivity index (χ4n) is 2.23. The minimum Gasteiger partial charge on any atom is -0.428 e. The molecule has 25 heavy (non-hydrogen) atoms. The molecule has 142 valence electrons. The largest absolute Gasteiger partial charge is 0.514 e. The van der Waals surface area contributed by atoms with E-state index in [1.54, 1.807) is 32.9 Å². The maximum absolute atomic E-state index is 11.7. The Morgan fingerprint density at radius 3 is 1.80 bits per heavy atom. The summed E-state index contributed by atoms with van der Waals surface area (Å²) in [6, 6.07) is 7.76. The quantitative estimate of drug-likeness (QED) is 0.370. The van der Waals surface area contributed by atoms with Crippen LogP contribution < -0.4 is 4.74 Å². The Labute approximate surface area is 151 Å². The minimum absolute atomic E-state index is 0.425. The van der Waals surface area contributed by atoms with E-state index in [2.05, 4.69) is 0 Å². The second kappa shape index (κ2) is 9.91. The number of carbonyl (C=O) groups is 1. The molecule has 0 N–H and O–H groups in total. The van der Waals surface area contributed by atoms with Crippen LogP contribution in [0.4, 0.5) is 4.79 Å². The van der Waals surface area contributed by atoms with Gasteiger partial charge in [0, 0.05) is 25.9 Å². The summed E-state index contributed by atoms with van der Waals surface area (Å²) in [4.78, 5) is 11.7. The molecule has 0 aromatic heterocycles. The first-order valence-corrected chi connectivity index (χ1v) is 10.6. The molecule has 1 aromatic carbocycles. The molecule has 0 bridgehead atoms. The zero-order chi connectivity index (χ0) is 18.9. The average Bonchev–Trinajstić information content (AvgIpc) is 2.48. The van der Waals surface area contributed by atoms with E-state index in [-0.39, 0.29) is 0 Å². The molecule has 0 unspecified atom stereocenters. The van der Waals surface area contributed by atoms with E-state index in [1.165, 1.54) is 0 Å². The monoisotopic (exact) mass is 370 g/mol. The summed E-state index contributed by atoms with van der Waals surface area (Å²) in [7, 11) is -2.75. The molecule has 0 saturated carbocycles. The molecule has 0 aliphatic heterocycles. The SMILES string of the molecule is CCO[Si](Cc1ccc(OC(=O)OC(C)(C)C)cc1)(OCC)OCC. The molecule has 1 rings (SSSR count). The molecule has 7 heteroatoms. The van der Waals surface area contributed by atoms with Crippen molar-refractivity contribution in [1.29, 1.82) is 0 Å². The van der Waals surface area contributed by atoms with E-state index in [0.717, 1.165) is 5.56 Å². The van der Waals surface area contributed by atoms with Gasteiger partial charge < -0.3 is 22.8 Å². The summed E-state index contributed by atoms with van der Waals surface area (Å²) in [5.41, 5.74) is 0.410. The van der Waals surface area contributed by atoms with E-state index in [9.17, 15) is 4.79 Å². The molecule has 0 aliphatic carbocycles. The molecule has 0 heterocycles. The summed E-state index contributed by atoms with van der Waals surface area (Å²) < 4.78 is 27.9. The van der Waals surface area contributed by atoms with Crippen LogP contribution in [0, 0.1) is 0 Å². The van der Waals surface area contributed by atoms with Gasteiger partial charge in [-0.3, -0.25) is 0 Å². The number of benzene rings is 1. The van der Waals surface area contributed by atoms with E-state index < -0.39 is 20.6 Å². The van der Waals surface area contributed by atoms with E-state index in [0.29, 0.717) is 31.6 Å². The van der Waals surface area contributed by atoms with Crippen molar-refractivity contribution in [1.82, 2.24) is 0 Å². The lowest BCUT2D eigenvalue weighted by Gasteiger charge is -2.28.